The van der Waals surface area contributed by atoms with Crippen molar-refractivity contribution in [2.75, 3.05) is 25.5 Å². The third-order valence-electron chi connectivity index (χ3n) is 5.29. The molecule has 8 nitrogen and oxygen atoms in total. The zero-order valence-corrected chi connectivity index (χ0v) is 17.9. The second-order valence-electron chi connectivity index (χ2n) is 7.86. The highest BCUT2D eigenvalue weighted by molar-refractivity contribution is 7.90. The molecule has 3 rings (SSSR count). The Morgan fingerprint density at radius 3 is 2.64 bits per heavy atom. The van der Waals surface area contributed by atoms with Gasteiger partial charge in [0.15, 0.2) is 5.82 Å². The fourth-order valence-electron chi connectivity index (χ4n) is 3.36. The molecule has 0 saturated heterocycles. The number of anilines is 1. The van der Waals surface area contributed by atoms with Gasteiger partial charge in [-0.2, -0.15) is 0 Å². The van der Waals surface area contributed by atoms with E-state index < -0.39 is 15.3 Å². The maximum atomic E-state index is 11.8. The van der Waals surface area contributed by atoms with Gasteiger partial charge in [-0.3, -0.25) is 0 Å². The highest BCUT2D eigenvalue weighted by Crippen LogP contribution is 2.42. The fourth-order valence-corrected chi connectivity index (χ4v) is 4.06. The first-order valence-electron chi connectivity index (χ1n) is 9.90. The topological polar surface area (TPSA) is 112 Å². The molecular weight excluding hydrogens is 378 g/mol. The van der Waals surface area contributed by atoms with E-state index in [1.807, 2.05) is 13.0 Å². The lowest BCUT2D eigenvalue weighted by Gasteiger charge is -2.15. The highest BCUT2D eigenvalue weighted by atomic mass is 32.2. The van der Waals surface area contributed by atoms with Crippen LogP contribution >= 0.6 is 0 Å². The van der Waals surface area contributed by atoms with Crippen molar-refractivity contribution < 1.29 is 13.2 Å². The number of nitrogen functional groups attached to an aromatic ring is 1. The lowest BCUT2D eigenvalue weighted by Crippen LogP contribution is -2.33. The van der Waals surface area contributed by atoms with Gasteiger partial charge in [0.1, 0.15) is 11.3 Å². The standard InChI is InChI=1S/C19H31N5O3S/c1-12(2)28(25,26)21-7-9-27-10-8-24-16-11-13(3)22-18(20)17(16)23-19(24)14(4)15-5-6-15/h11-12,14-15,21H,5-10H2,1-4H3,(H2,20,22). The predicted molar refractivity (Wildman–Crippen MR) is 111 cm³/mol. The average Bonchev–Trinajstić information content (AvgIpc) is 3.40. The van der Waals surface area contributed by atoms with Gasteiger partial charge in [0.2, 0.25) is 10.0 Å². The lowest BCUT2D eigenvalue weighted by molar-refractivity contribution is 0.131. The van der Waals surface area contributed by atoms with Gasteiger partial charge in [-0.15, -0.1) is 0 Å². The third kappa shape index (κ3) is 4.64. The monoisotopic (exact) mass is 409 g/mol. The molecule has 1 saturated carbocycles. The molecule has 1 aliphatic rings. The minimum absolute atomic E-state index is 0.270. The Labute approximate surface area is 166 Å². The Balaban J connectivity index is 1.67. The highest BCUT2D eigenvalue weighted by Gasteiger charge is 2.32. The third-order valence-corrected chi connectivity index (χ3v) is 7.13. The van der Waals surface area contributed by atoms with Gasteiger partial charge >= 0.3 is 0 Å². The number of sulfonamides is 1. The van der Waals surface area contributed by atoms with Crippen LogP contribution in [-0.4, -0.2) is 48.0 Å². The van der Waals surface area contributed by atoms with Crippen LogP contribution < -0.4 is 10.5 Å². The summed E-state index contributed by atoms with van der Waals surface area (Å²) in [6.45, 7) is 9.16. The van der Waals surface area contributed by atoms with Crippen LogP contribution in [0.5, 0.6) is 0 Å². The van der Waals surface area contributed by atoms with Crippen LogP contribution in [0.15, 0.2) is 6.07 Å². The molecule has 0 spiro atoms. The number of nitrogens with one attached hydrogen (secondary N) is 1. The second-order valence-corrected chi connectivity index (χ2v) is 10.2. The number of pyridine rings is 1. The van der Waals surface area contributed by atoms with E-state index in [4.69, 9.17) is 15.5 Å². The summed E-state index contributed by atoms with van der Waals surface area (Å²) in [4.78, 5) is 9.15. The number of ether oxygens (including phenoxy) is 1. The summed E-state index contributed by atoms with van der Waals surface area (Å²) >= 11 is 0. The van der Waals surface area contributed by atoms with E-state index >= 15 is 0 Å². The van der Waals surface area contributed by atoms with Crippen molar-refractivity contribution in [1.82, 2.24) is 19.3 Å². The van der Waals surface area contributed by atoms with E-state index in [-0.39, 0.29) is 6.54 Å². The Morgan fingerprint density at radius 2 is 2.00 bits per heavy atom. The maximum Gasteiger partial charge on any atom is 0.214 e. The Morgan fingerprint density at radius 1 is 1.29 bits per heavy atom. The Bertz CT molecular complexity index is 935. The lowest BCUT2D eigenvalue weighted by atomic mass is 10.1. The Hall–Kier alpha value is -1.71. The van der Waals surface area contributed by atoms with Crippen LogP contribution in [0.25, 0.3) is 11.0 Å². The molecule has 1 fully saturated rings. The molecule has 1 aliphatic carbocycles. The molecule has 9 heteroatoms. The van der Waals surface area contributed by atoms with E-state index in [1.54, 1.807) is 13.8 Å². The molecule has 1 atom stereocenters. The summed E-state index contributed by atoms with van der Waals surface area (Å²) in [5.74, 6) is 2.53. The van der Waals surface area contributed by atoms with Gasteiger partial charge in [-0.1, -0.05) is 6.92 Å². The molecule has 0 aliphatic heterocycles. The first kappa shape index (κ1) is 21.0. The summed E-state index contributed by atoms with van der Waals surface area (Å²) in [5.41, 5.74) is 8.70. The van der Waals surface area contributed by atoms with Crippen LogP contribution in [0, 0.1) is 12.8 Å². The molecular formula is C19H31N5O3S. The normalized spacial score (nSPS) is 16.2. The number of hydrogen-bond donors (Lipinski definition) is 2. The van der Waals surface area contributed by atoms with Crippen LogP contribution in [0.2, 0.25) is 0 Å². The smallest absolute Gasteiger partial charge is 0.214 e. The number of nitrogens with two attached hydrogens (primary N) is 1. The molecule has 2 heterocycles. The Kier molecular flexibility index (Phi) is 6.26. The van der Waals surface area contributed by atoms with Crippen molar-refractivity contribution in [3.05, 3.63) is 17.6 Å². The average molecular weight is 410 g/mol. The van der Waals surface area contributed by atoms with Crippen molar-refractivity contribution in [2.45, 2.75) is 58.2 Å². The first-order valence-corrected chi connectivity index (χ1v) is 11.4. The number of nitrogens with zero attached hydrogens (tertiary/aromatic N) is 3. The van der Waals surface area contributed by atoms with Crippen molar-refractivity contribution in [3.8, 4) is 0 Å². The van der Waals surface area contributed by atoms with E-state index in [0.717, 1.165) is 22.6 Å². The minimum atomic E-state index is -3.25. The van der Waals surface area contributed by atoms with Crippen molar-refractivity contribution in [2.24, 2.45) is 5.92 Å². The molecule has 0 amide bonds. The fraction of sp³-hybridized carbons (Fsp3) is 0.684. The summed E-state index contributed by atoms with van der Waals surface area (Å²) < 4.78 is 33.9. The summed E-state index contributed by atoms with van der Waals surface area (Å²) in [6.07, 6.45) is 2.48. The maximum absolute atomic E-state index is 11.8. The number of fused-ring (bicyclic) bond motifs is 1. The summed E-state index contributed by atoms with van der Waals surface area (Å²) in [5, 5.41) is -0.446. The second kappa shape index (κ2) is 8.34. The van der Waals surface area contributed by atoms with Gasteiger partial charge in [-0.25, -0.2) is 23.1 Å². The van der Waals surface area contributed by atoms with Gasteiger partial charge < -0.3 is 15.0 Å². The SMILES string of the molecule is Cc1cc2c(nc(C(C)C3CC3)n2CCOCCNS(=O)(=O)C(C)C)c(N)n1. The van der Waals surface area contributed by atoms with E-state index in [2.05, 4.69) is 21.2 Å². The van der Waals surface area contributed by atoms with Gasteiger partial charge in [0.05, 0.1) is 24.0 Å². The quantitative estimate of drug-likeness (QED) is 0.582. The molecule has 0 aromatic carbocycles. The van der Waals surface area contributed by atoms with Crippen molar-refractivity contribution >= 4 is 26.9 Å². The van der Waals surface area contributed by atoms with E-state index in [1.165, 1.54) is 12.8 Å². The van der Waals surface area contributed by atoms with Crippen LogP contribution in [0.1, 0.15) is 51.0 Å². The molecule has 1 unspecified atom stereocenters. The first-order chi connectivity index (χ1) is 13.2. The molecule has 0 radical (unpaired) electrons. The van der Waals surface area contributed by atoms with Gasteiger partial charge in [0, 0.05) is 24.7 Å². The number of aromatic nitrogens is 3. The van der Waals surface area contributed by atoms with Crippen molar-refractivity contribution in [3.63, 3.8) is 0 Å². The van der Waals surface area contributed by atoms with Crippen molar-refractivity contribution in [1.29, 1.82) is 0 Å². The summed E-state index contributed by atoms with van der Waals surface area (Å²) in [6, 6.07) is 2.01. The van der Waals surface area contributed by atoms with Crippen LogP contribution in [0.4, 0.5) is 5.82 Å². The van der Waals surface area contributed by atoms with Gasteiger partial charge in [-0.05, 0) is 45.6 Å². The van der Waals surface area contributed by atoms with Gasteiger partial charge in [0.25, 0.3) is 0 Å². The zero-order valence-electron chi connectivity index (χ0n) is 17.1. The minimum Gasteiger partial charge on any atom is -0.382 e. The van der Waals surface area contributed by atoms with E-state index in [9.17, 15) is 8.42 Å². The van der Waals surface area contributed by atoms with Crippen LogP contribution in [0.3, 0.4) is 0 Å². The molecule has 2 aromatic rings. The number of rotatable bonds is 10. The zero-order chi connectivity index (χ0) is 20.5. The predicted octanol–water partition coefficient (Wildman–Crippen LogP) is 2.18. The number of imidazole rings is 1. The number of hydrogen-bond acceptors (Lipinski definition) is 6. The van der Waals surface area contributed by atoms with Crippen LogP contribution in [-0.2, 0) is 21.3 Å². The summed E-state index contributed by atoms with van der Waals surface area (Å²) in [7, 11) is -3.25. The number of aryl methyl sites for hydroxylation is 1. The largest absolute Gasteiger partial charge is 0.382 e. The molecule has 2 aromatic heterocycles. The molecule has 0 bridgehead atoms. The molecule has 28 heavy (non-hydrogen) atoms. The molecule has 3 N–H and O–H groups in total. The molecule has 156 valence electrons. The van der Waals surface area contributed by atoms with E-state index in [0.29, 0.717) is 37.4 Å².